The fourth-order valence-electron chi connectivity index (χ4n) is 3.35. The van der Waals surface area contributed by atoms with Crippen LogP contribution >= 0.6 is 0 Å². The van der Waals surface area contributed by atoms with Crippen molar-refractivity contribution in [2.75, 3.05) is 6.54 Å². The number of hydrogen-bond acceptors (Lipinski definition) is 3. The highest BCUT2D eigenvalue weighted by Crippen LogP contribution is 2.37. The van der Waals surface area contributed by atoms with Crippen molar-refractivity contribution in [3.8, 4) is 0 Å². The topological polar surface area (TPSA) is 50.4 Å². The van der Waals surface area contributed by atoms with Crippen LogP contribution in [0.1, 0.15) is 65.5 Å². The number of ether oxygens (including phenoxy) is 1. The predicted molar refractivity (Wildman–Crippen MR) is 98.0 cm³/mol. The van der Waals surface area contributed by atoms with Crippen LogP contribution in [-0.4, -0.2) is 24.3 Å². The van der Waals surface area contributed by atoms with Gasteiger partial charge in [0.1, 0.15) is 5.60 Å². The van der Waals surface area contributed by atoms with Crippen LogP contribution < -0.4 is 10.6 Å². The third-order valence-electron chi connectivity index (χ3n) is 4.72. The molecule has 2 rings (SSSR count). The Labute approximate surface area is 146 Å². The van der Waals surface area contributed by atoms with Crippen molar-refractivity contribution < 1.29 is 9.53 Å². The Kier molecular flexibility index (Phi) is 5.92. The van der Waals surface area contributed by atoms with Crippen LogP contribution in [0.3, 0.4) is 0 Å². The van der Waals surface area contributed by atoms with E-state index >= 15 is 0 Å². The van der Waals surface area contributed by atoms with Gasteiger partial charge < -0.3 is 15.4 Å². The first kappa shape index (κ1) is 18.8. The number of amides is 1. The second kappa shape index (κ2) is 7.56. The number of benzene rings is 1. The molecule has 134 valence electrons. The average Bonchev–Trinajstić information content (AvgIpc) is 2.81. The second-order valence-electron chi connectivity index (χ2n) is 8.45. The average molecular weight is 332 g/mol. The Morgan fingerprint density at radius 3 is 2.50 bits per heavy atom. The van der Waals surface area contributed by atoms with Crippen LogP contribution in [0.4, 0.5) is 4.79 Å². The van der Waals surface area contributed by atoms with Crippen LogP contribution in [0.5, 0.6) is 0 Å². The monoisotopic (exact) mass is 332 g/mol. The van der Waals surface area contributed by atoms with Gasteiger partial charge in [-0.3, -0.25) is 0 Å². The van der Waals surface area contributed by atoms with E-state index in [1.165, 1.54) is 19.3 Å². The van der Waals surface area contributed by atoms with E-state index in [1.54, 1.807) is 0 Å². The smallest absolute Gasteiger partial charge is 0.408 e. The maximum Gasteiger partial charge on any atom is 0.408 e. The summed E-state index contributed by atoms with van der Waals surface area (Å²) in [5, 5.41) is 6.69. The van der Waals surface area contributed by atoms with Crippen molar-refractivity contribution in [2.45, 2.75) is 71.6 Å². The van der Waals surface area contributed by atoms with Crippen LogP contribution in [0, 0.1) is 5.41 Å². The van der Waals surface area contributed by atoms with E-state index in [2.05, 4.69) is 24.5 Å². The van der Waals surface area contributed by atoms with E-state index in [0.29, 0.717) is 18.0 Å². The lowest BCUT2D eigenvalue weighted by Gasteiger charge is -2.30. The van der Waals surface area contributed by atoms with Gasteiger partial charge >= 0.3 is 6.09 Å². The zero-order chi connectivity index (χ0) is 17.8. The standard InChI is InChI=1S/C20H32N2O2/c1-19(2,3)24-18(23)22-16(15-10-7-6-8-11-15)14-21-17-12-9-13-20(17,4)5/h6-8,10-11,16-17,21H,9,12-14H2,1-5H3,(H,22,23). The van der Waals surface area contributed by atoms with Crippen molar-refractivity contribution in [3.05, 3.63) is 35.9 Å². The molecule has 1 amide bonds. The van der Waals surface area contributed by atoms with Crippen molar-refractivity contribution in [3.63, 3.8) is 0 Å². The van der Waals surface area contributed by atoms with Crippen molar-refractivity contribution >= 4 is 6.09 Å². The van der Waals surface area contributed by atoms with E-state index in [1.807, 2.05) is 51.1 Å². The van der Waals surface area contributed by atoms with Crippen LogP contribution in [0.2, 0.25) is 0 Å². The quantitative estimate of drug-likeness (QED) is 0.839. The van der Waals surface area contributed by atoms with Gasteiger partial charge in [0.2, 0.25) is 0 Å². The summed E-state index contributed by atoms with van der Waals surface area (Å²) < 4.78 is 5.42. The highest BCUT2D eigenvalue weighted by molar-refractivity contribution is 5.68. The summed E-state index contributed by atoms with van der Waals surface area (Å²) in [6.07, 6.45) is 3.34. The molecule has 1 saturated carbocycles. The lowest BCUT2D eigenvalue weighted by atomic mass is 9.87. The molecule has 0 radical (unpaired) electrons. The van der Waals surface area contributed by atoms with Gasteiger partial charge in [-0.05, 0) is 44.6 Å². The summed E-state index contributed by atoms with van der Waals surface area (Å²) in [5.41, 5.74) is 0.908. The zero-order valence-corrected chi connectivity index (χ0v) is 15.7. The largest absolute Gasteiger partial charge is 0.444 e. The molecule has 0 saturated heterocycles. The fourth-order valence-corrected chi connectivity index (χ4v) is 3.35. The van der Waals surface area contributed by atoms with Gasteiger partial charge in [0.15, 0.2) is 0 Å². The first-order valence-corrected chi connectivity index (χ1v) is 8.95. The van der Waals surface area contributed by atoms with E-state index in [9.17, 15) is 4.79 Å². The number of carbonyl (C=O) groups excluding carboxylic acids is 1. The molecule has 1 fully saturated rings. The summed E-state index contributed by atoms with van der Waals surface area (Å²) in [7, 11) is 0. The number of alkyl carbamates (subject to hydrolysis) is 1. The van der Waals surface area contributed by atoms with Crippen LogP contribution in [0.25, 0.3) is 0 Å². The van der Waals surface area contributed by atoms with E-state index in [-0.39, 0.29) is 12.1 Å². The molecule has 1 aliphatic carbocycles. The van der Waals surface area contributed by atoms with Crippen molar-refractivity contribution in [1.29, 1.82) is 0 Å². The van der Waals surface area contributed by atoms with E-state index in [4.69, 9.17) is 4.74 Å². The lowest BCUT2D eigenvalue weighted by Crippen LogP contribution is -2.44. The van der Waals surface area contributed by atoms with Gasteiger partial charge in [0.05, 0.1) is 6.04 Å². The first-order chi connectivity index (χ1) is 11.2. The molecule has 2 atom stereocenters. The zero-order valence-electron chi connectivity index (χ0n) is 15.7. The van der Waals surface area contributed by atoms with Gasteiger partial charge in [0, 0.05) is 12.6 Å². The number of hydrogen-bond donors (Lipinski definition) is 2. The third kappa shape index (κ3) is 5.52. The highest BCUT2D eigenvalue weighted by Gasteiger charge is 2.34. The fraction of sp³-hybridized carbons (Fsp3) is 0.650. The normalized spacial score (nSPS) is 21.3. The molecule has 0 bridgehead atoms. The second-order valence-corrected chi connectivity index (χ2v) is 8.45. The lowest BCUT2D eigenvalue weighted by molar-refractivity contribution is 0.0501. The maximum absolute atomic E-state index is 12.2. The SMILES string of the molecule is CC(C)(C)OC(=O)NC(CNC1CCCC1(C)C)c1ccccc1. The highest BCUT2D eigenvalue weighted by atomic mass is 16.6. The molecule has 1 aromatic carbocycles. The molecular formula is C20H32N2O2. The van der Waals surface area contributed by atoms with Gasteiger partial charge in [0.25, 0.3) is 0 Å². The minimum atomic E-state index is -0.494. The van der Waals surface area contributed by atoms with Gasteiger partial charge in [-0.15, -0.1) is 0 Å². The summed E-state index contributed by atoms with van der Waals surface area (Å²) in [5.74, 6) is 0. The van der Waals surface area contributed by atoms with Crippen LogP contribution in [-0.2, 0) is 4.74 Å². The number of nitrogens with one attached hydrogen (secondary N) is 2. The van der Waals surface area contributed by atoms with E-state index < -0.39 is 5.60 Å². The minimum Gasteiger partial charge on any atom is -0.444 e. The molecule has 1 aliphatic rings. The molecule has 0 heterocycles. The Balaban J connectivity index is 2.02. The van der Waals surface area contributed by atoms with Gasteiger partial charge in [-0.2, -0.15) is 0 Å². The number of carbonyl (C=O) groups is 1. The molecular weight excluding hydrogens is 300 g/mol. The molecule has 24 heavy (non-hydrogen) atoms. The van der Waals surface area contributed by atoms with E-state index in [0.717, 1.165) is 5.56 Å². The third-order valence-corrected chi connectivity index (χ3v) is 4.72. The summed E-state index contributed by atoms with van der Waals surface area (Å²) >= 11 is 0. The molecule has 2 N–H and O–H groups in total. The molecule has 0 aliphatic heterocycles. The number of rotatable bonds is 5. The van der Waals surface area contributed by atoms with Crippen molar-refractivity contribution in [2.24, 2.45) is 5.41 Å². The Hall–Kier alpha value is -1.55. The minimum absolute atomic E-state index is 0.0996. The van der Waals surface area contributed by atoms with Crippen molar-refractivity contribution in [1.82, 2.24) is 10.6 Å². The Bertz CT molecular complexity index is 534. The summed E-state index contributed by atoms with van der Waals surface area (Å²) in [4.78, 5) is 12.2. The van der Waals surface area contributed by atoms with Gasteiger partial charge in [-0.25, -0.2) is 4.79 Å². The molecule has 0 aromatic heterocycles. The molecule has 1 aromatic rings. The summed E-state index contributed by atoms with van der Waals surface area (Å²) in [6, 6.07) is 10.5. The molecule has 2 unspecified atom stereocenters. The van der Waals surface area contributed by atoms with Gasteiger partial charge in [-0.1, -0.05) is 50.6 Å². The molecule has 4 nitrogen and oxygen atoms in total. The maximum atomic E-state index is 12.2. The molecule has 0 spiro atoms. The Morgan fingerprint density at radius 1 is 1.29 bits per heavy atom. The first-order valence-electron chi connectivity index (χ1n) is 8.95. The predicted octanol–water partition coefficient (Wildman–Crippen LogP) is 4.42. The summed E-state index contributed by atoms with van der Waals surface area (Å²) in [6.45, 7) is 11.0. The van der Waals surface area contributed by atoms with Crippen LogP contribution in [0.15, 0.2) is 30.3 Å². The molecule has 4 heteroatoms. The Morgan fingerprint density at radius 2 is 1.96 bits per heavy atom.